The van der Waals surface area contributed by atoms with E-state index in [-0.39, 0.29) is 23.4 Å². The minimum Gasteiger partial charge on any atom is -0.497 e. The van der Waals surface area contributed by atoms with Crippen LogP contribution >= 0.6 is 0 Å². The van der Waals surface area contributed by atoms with E-state index in [1.807, 2.05) is 15.5 Å². The lowest BCUT2D eigenvalue weighted by atomic mass is 9.83. The number of nitrogens with one attached hydrogen (secondary N) is 1. The van der Waals surface area contributed by atoms with Crippen molar-refractivity contribution in [3.8, 4) is 11.5 Å². The summed E-state index contributed by atoms with van der Waals surface area (Å²) >= 11 is 0. The molecule has 3 heterocycles. The summed E-state index contributed by atoms with van der Waals surface area (Å²) in [6.07, 6.45) is 1.01. The third kappa shape index (κ3) is 3.25. The number of carbonyl (C=O) groups excluding carboxylic acids is 1. The number of pyridine rings is 1. The molecule has 1 saturated heterocycles. The molecule has 0 radical (unpaired) electrons. The number of likely N-dealkylation sites (tertiary alicyclic amines) is 1. The van der Waals surface area contributed by atoms with Gasteiger partial charge in [0.05, 0.1) is 19.9 Å². The number of hydrogen-bond donors (Lipinski definition) is 1. The molecule has 2 bridgehead atoms. The van der Waals surface area contributed by atoms with E-state index in [9.17, 15) is 9.59 Å². The van der Waals surface area contributed by atoms with Gasteiger partial charge >= 0.3 is 6.03 Å². The van der Waals surface area contributed by atoms with Gasteiger partial charge in [0, 0.05) is 43.4 Å². The second-order valence-corrected chi connectivity index (χ2v) is 7.10. The molecule has 2 atom stereocenters. The number of nitrogens with zero attached hydrogens (tertiary/aromatic N) is 2. The van der Waals surface area contributed by atoms with Crippen LogP contribution in [0.4, 0.5) is 10.5 Å². The molecule has 7 heteroatoms. The second kappa shape index (κ2) is 6.98. The van der Waals surface area contributed by atoms with Crippen LogP contribution in [-0.2, 0) is 6.54 Å². The number of urea groups is 1. The highest BCUT2D eigenvalue weighted by atomic mass is 16.5. The van der Waals surface area contributed by atoms with Crippen LogP contribution < -0.4 is 20.3 Å². The van der Waals surface area contributed by atoms with Crippen molar-refractivity contribution in [1.82, 2.24) is 9.47 Å². The van der Waals surface area contributed by atoms with Gasteiger partial charge in [0.2, 0.25) is 0 Å². The number of ether oxygens (including phenoxy) is 2. The van der Waals surface area contributed by atoms with E-state index in [2.05, 4.69) is 5.32 Å². The van der Waals surface area contributed by atoms with Crippen LogP contribution in [0.2, 0.25) is 0 Å². The van der Waals surface area contributed by atoms with Gasteiger partial charge < -0.3 is 24.3 Å². The SMILES string of the molecule is COc1ccc(OC)c(NC(=O)N2C[C@@H]3C[C@H](C2)c2cccc(=O)n2C3)c1. The Labute approximate surface area is 157 Å². The largest absolute Gasteiger partial charge is 0.497 e. The fourth-order valence-corrected chi connectivity index (χ4v) is 4.17. The predicted molar refractivity (Wildman–Crippen MR) is 102 cm³/mol. The van der Waals surface area contributed by atoms with Crippen molar-refractivity contribution in [1.29, 1.82) is 0 Å². The fourth-order valence-electron chi connectivity index (χ4n) is 4.17. The Morgan fingerprint density at radius 2 is 1.96 bits per heavy atom. The lowest BCUT2D eigenvalue weighted by Crippen LogP contribution is -2.50. The number of fused-ring (bicyclic) bond motifs is 4. The minimum absolute atomic E-state index is 0.0428. The topological polar surface area (TPSA) is 72.8 Å². The van der Waals surface area contributed by atoms with Crippen molar-refractivity contribution in [2.75, 3.05) is 32.6 Å². The van der Waals surface area contributed by atoms with Crippen molar-refractivity contribution in [3.63, 3.8) is 0 Å². The summed E-state index contributed by atoms with van der Waals surface area (Å²) in [5.74, 6) is 1.70. The van der Waals surface area contributed by atoms with Gasteiger partial charge in [-0.15, -0.1) is 0 Å². The molecule has 27 heavy (non-hydrogen) atoms. The molecule has 0 aliphatic carbocycles. The molecule has 1 fully saturated rings. The monoisotopic (exact) mass is 369 g/mol. The van der Waals surface area contributed by atoms with Gasteiger partial charge in [0.25, 0.3) is 5.56 Å². The number of methoxy groups -OCH3 is 2. The molecular formula is C20H23N3O4. The van der Waals surface area contributed by atoms with Crippen LogP contribution in [0.15, 0.2) is 41.2 Å². The van der Waals surface area contributed by atoms with Crippen molar-refractivity contribution >= 4 is 11.7 Å². The van der Waals surface area contributed by atoms with Crippen LogP contribution in [0, 0.1) is 5.92 Å². The molecule has 1 N–H and O–H groups in total. The lowest BCUT2D eigenvalue weighted by Gasteiger charge is -2.42. The molecule has 0 saturated carbocycles. The Morgan fingerprint density at radius 1 is 1.11 bits per heavy atom. The zero-order chi connectivity index (χ0) is 19.0. The van der Waals surface area contributed by atoms with Crippen LogP contribution in [0.1, 0.15) is 18.0 Å². The van der Waals surface area contributed by atoms with Gasteiger partial charge in [-0.05, 0) is 30.5 Å². The Hall–Kier alpha value is -2.96. The van der Waals surface area contributed by atoms with Crippen molar-refractivity contribution in [2.24, 2.45) is 5.92 Å². The molecule has 7 nitrogen and oxygen atoms in total. The molecule has 2 amide bonds. The van der Waals surface area contributed by atoms with Crippen LogP contribution in [-0.4, -0.2) is 42.8 Å². The maximum atomic E-state index is 12.9. The van der Waals surface area contributed by atoms with E-state index in [0.29, 0.717) is 36.8 Å². The van der Waals surface area contributed by atoms with E-state index in [4.69, 9.17) is 9.47 Å². The Kier molecular flexibility index (Phi) is 4.51. The Bertz CT molecular complexity index is 924. The summed E-state index contributed by atoms with van der Waals surface area (Å²) < 4.78 is 12.4. The molecule has 2 aliphatic rings. The third-order valence-corrected chi connectivity index (χ3v) is 5.42. The Morgan fingerprint density at radius 3 is 2.74 bits per heavy atom. The summed E-state index contributed by atoms with van der Waals surface area (Å²) in [6.45, 7) is 1.89. The number of anilines is 1. The molecule has 4 rings (SSSR count). The molecule has 2 aromatic rings. The summed E-state index contributed by atoms with van der Waals surface area (Å²) in [6, 6.07) is 10.5. The molecule has 142 valence electrons. The number of benzene rings is 1. The molecule has 1 aromatic carbocycles. The molecule has 1 aromatic heterocycles. The van der Waals surface area contributed by atoms with Crippen LogP contribution in [0.3, 0.4) is 0 Å². The van der Waals surface area contributed by atoms with E-state index in [0.717, 1.165) is 12.1 Å². The number of hydrogen-bond acceptors (Lipinski definition) is 4. The first-order valence-electron chi connectivity index (χ1n) is 9.06. The van der Waals surface area contributed by atoms with Gasteiger partial charge in [-0.3, -0.25) is 4.79 Å². The summed E-state index contributed by atoms with van der Waals surface area (Å²) in [4.78, 5) is 26.9. The fraction of sp³-hybridized carbons (Fsp3) is 0.400. The first kappa shape index (κ1) is 17.5. The number of carbonyl (C=O) groups is 1. The van der Waals surface area contributed by atoms with Crippen LogP contribution in [0.5, 0.6) is 11.5 Å². The average molecular weight is 369 g/mol. The average Bonchev–Trinajstić information content (AvgIpc) is 2.68. The first-order valence-corrected chi connectivity index (χ1v) is 9.06. The van der Waals surface area contributed by atoms with Crippen LogP contribution in [0.25, 0.3) is 0 Å². The molecule has 0 unspecified atom stereocenters. The van der Waals surface area contributed by atoms with E-state index in [1.54, 1.807) is 44.6 Å². The van der Waals surface area contributed by atoms with Crippen molar-refractivity contribution < 1.29 is 14.3 Å². The van der Waals surface area contributed by atoms with E-state index < -0.39 is 0 Å². The van der Waals surface area contributed by atoms with Gasteiger partial charge in [-0.25, -0.2) is 4.79 Å². The maximum absolute atomic E-state index is 12.9. The van der Waals surface area contributed by atoms with Gasteiger partial charge in [-0.2, -0.15) is 0 Å². The maximum Gasteiger partial charge on any atom is 0.321 e. The van der Waals surface area contributed by atoms with E-state index >= 15 is 0 Å². The zero-order valence-corrected chi connectivity index (χ0v) is 15.5. The van der Waals surface area contributed by atoms with Gasteiger partial charge in [0.15, 0.2) is 0 Å². The lowest BCUT2D eigenvalue weighted by molar-refractivity contribution is 0.139. The normalized spacial score (nSPS) is 20.6. The third-order valence-electron chi connectivity index (χ3n) is 5.42. The highest BCUT2D eigenvalue weighted by molar-refractivity contribution is 5.91. The minimum atomic E-state index is -0.164. The number of rotatable bonds is 3. The summed E-state index contributed by atoms with van der Waals surface area (Å²) in [7, 11) is 3.15. The first-order chi connectivity index (χ1) is 13.1. The highest BCUT2D eigenvalue weighted by Gasteiger charge is 2.36. The van der Waals surface area contributed by atoms with Gasteiger partial charge in [-0.1, -0.05) is 6.07 Å². The smallest absolute Gasteiger partial charge is 0.321 e. The van der Waals surface area contributed by atoms with Gasteiger partial charge in [0.1, 0.15) is 11.5 Å². The van der Waals surface area contributed by atoms with Crippen molar-refractivity contribution in [2.45, 2.75) is 18.9 Å². The van der Waals surface area contributed by atoms with Crippen molar-refractivity contribution in [3.05, 3.63) is 52.4 Å². The number of aromatic nitrogens is 1. The van der Waals surface area contributed by atoms with E-state index in [1.165, 1.54) is 0 Å². The quantitative estimate of drug-likeness (QED) is 0.902. The zero-order valence-electron chi connectivity index (χ0n) is 15.5. The molecule has 2 aliphatic heterocycles. The highest BCUT2D eigenvalue weighted by Crippen LogP contribution is 2.35. The Balaban J connectivity index is 1.54. The number of piperidine rings is 1. The summed E-state index contributed by atoms with van der Waals surface area (Å²) in [5, 5.41) is 2.94. The standard InChI is InChI=1S/C20H23N3O4/c1-26-15-6-7-18(27-2)16(9-15)21-20(25)22-10-13-8-14(12-22)17-4-3-5-19(24)23(17)11-13/h3-7,9,13-14H,8,10-12H2,1-2H3,(H,21,25)/t13-,14+/m0/s1. The molecular weight excluding hydrogens is 346 g/mol. The number of amides is 2. The second-order valence-electron chi connectivity index (χ2n) is 7.10. The predicted octanol–water partition coefficient (Wildman–Crippen LogP) is 2.52. The summed E-state index contributed by atoms with van der Waals surface area (Å²) in [5.41, 5.74) is 1.64. The molecule has 0 spiro atoms.